The number of carboxylic acids is 1. The van der Waals surface area contributed by atoms with E-state index < -0.39 is 51.5 Å². The van der Waals surface area contributed by atoms with Gasteiger partial charge in [0.2, 0.25) is 11.3 Å². The van der Waals surface area contributed by atoms with Gasteiger partial charge in [0.15, 0.2) is 5.69 Å². The normalized spacial score (nSPS) is 20.5. The van der Waals surface area contributed by atoms with E-state index in [-0.39, 0.29) is 15.1 Å². The van der Waals surface area contributed by atoms with E-state index in [4.69, 9.17) is 20.2 Å². The molecule has 0 spiro atoms. The van der Waals surface area contributed by atoms with E-state index in [2.05, 4.69) is 15.5 Å². The van der Waals surface area contributed by atoms with Gasteiger partial charge in [-0.05, 0) is 20.8 Å². The van der Waals surface area contributed by atoms with Gasteiger partial charge in [-0.3, -0.25) is 19.9 Å². The Morgan fingerprint density at radius 3 is 2.50 bits per heavy atom. The summed E-state index contributed by atoms with van der Waals surface area (Å²) >= 11 is 1.04. The number of thiazole rings is 1. The van der Waals surface area contributed by atoms with Crippen LogP contribution in [0, 0.1) is 0 Å². The molecule has 2 atom stereocenters. The van der Waals surface area contributed by atoms with Crippen molar-refractivity contribution < 1.29 is 42.3 Å². The monoisotopic (exact) mass is 436 g/mol. The number of rotatable bonds is 7. The van der Waals surface area contributed by atoms with Gasteiger partial charge in [-0.25, -0.2) is 14.1 Å². The Labute approximate surface area is 163 Å². The van der Waals surface area contributed by atoms with E-state index in [9.17, 15) is 22.8 Å². The number of carboxylic acid groups (broad SMARTS) is 1. The van der Waals surface area contributed by atoms with Gasteiger partial charge in [0, 0.05) is 5.38 Å². The summed E-state index contributed by atoms with van der Waals surface area (Å²) in [7, 11) is -4.75. The molecule has 2 heterocycles. The zero-order valence-electron chi connectivity index (χ0n) is 14.9. The molecule has 1 aliphatic rings. The van der Waals surface area contributed by atoms with Crippen LogP contribution in [0.15, 0.2) is 10.5 Å². The molecule has 1 fully saturated rings. The smallest absolute Gasteiger partial charge is 0.362 e. The van der Waals surface area contributed by atoms with E-state index in [0.717, 1.165) is 11.3 Å². The third-order valence-corrected chi connectivity index (χ3v) is 5.50. The van der Waals surface area contributed by atoms with Crippen molar-refractivity contribution in [2.75, 3.05) is 5.73 Å². The minimum absolute atomic E-state index is 0.0900. The molecule has 0 saturated carbocycles. The first-order valence-electron chi connectivity index (χ1n) is 7.63. The molecule has 28 heavy (non-hydrogen) atoms. The largest absolute Gasteiger partial charge is 0.478 e. The predicted molar refractivity (Wildman–Crippen MR) is 94.4 cm³/mol. The maximum atomic E-state index is 12.6. The molecule has 1 aromatic heterocycles. The van der Waals surface area contributed by atoms with Crippen molar-refractivity contribution in [1.82, 2.24) is 9.62 Å². The third-order valence-electron chi connectivity index (χ3n) is 3.78. The molecular weight excluding hydrogens is 418 g/mol. The lowest BCUT2D eigenvalue weighted by atomic mass is 10.0. The highest BCUT2D eigenvalue weighted by Crippen LogP contribution is 2.23. The Kier molecular flexibility index (Phi) is 5.63. The standard InChI is InChI=1S/C13H17N5O8S2/c1-5-7(10(20)18(5)28(23,24)25)16-9(19)8(6-4-27-12(14)15-6)17-26-13(2,3)11(21)22/h4-5,7H,1-3H3,(H2,14,15)(H,16,19)(H,21,22)(H,23,24,25)/p+1/b17-8+. The molecule has 154 valence electrons. The van der Waals surface area contributed by atoms with Crippen molar-refractivity contribution in [3.8, 4) is 0 Å². The Morgan fingerprint density at radius 1 is 1.46 bits per heavy atom. The summed E-state index contributed by atoms with van der Waals surface area (Å²) in [5.74, 6) is -3.32. The summed E-state index contributed by atoms with van der Waals surface area (Å²) in [6.07, 6.45) is 0. The summed E-state index contributed by atoms with van der Waals surface area (Å²) in [6.45, 7) is 3.72. The van der Waals surface area contributed by atoms with Crippen LogP contribution in [0.4, 0.5) is 5.13 Å². The molecule has 0 radical (unpaired) electrons. The van der Waals surface area contributed by atoms with Crippen molar-refractivity contribution in [1.29, 1.82) is 0 Å². The van der Waals surface area contributed by atoms with E-state index in [1.165, 1.54) is 26.2 Å². The number of nitrogens with two attached hydrogens (primary N) is 1. The minimum Gasteiger partial charge on any atom is -0.478 e. The van der Waals surface area contributed by atoms with Gasteiger partial charge < -0.3 is 15.3 Å². The average molecular weight is 436 g/mol. The van der Waals surface area contributed by atoms with Crippen LogP contribution in [0.25, 0.3) is 0 Å². The van der Waals surface area contributed by atoms with Crippen LogP contribution in [0.2, 0.25) is 0 Å². The number of β-lactam (4-membered cyclic amide) rings is 1. The van der Waals surface area contributed by atoms with Gasteiger partial charge in [0.25, 0.3) is 11.8 Å². The van der Waals surface area contributed by atoms with Gasteiger partial charge in [0.05, 0.1) is 6.04 Å². The first kappa shape index (κ1) is 21.5. The number of aromatic nitrogens is 1. The van der Waals surface area contributed by atoms with E-state index >= 15 is 0 Å². The van der Waals surface area contributed by atoms with Crippen LogP contribution in [-0.2, 0) is 29.5 Å². The Morgan fingerprint density at radius 2 is 2.07 bits per heavy atom. The molecule has 2 unspecified atom stereocenters. The minimum atomic E-state index is -4.75. The number of carbonyl (C=O) groups excluding carboxylic acids is 2. The highest BCUT2D eigenvalue weighted by Gasteiger charge is 2.51. The fraction of sp³-hybridized carbons (Fsp3) is 0.462. The maximum absolute atomic E-state index is 12.6. The summed E-state index contributed by atoms with van der Waals surface area (Å²) in [4.78, 5) is 43.2. The van der Waals surface area contributed by atoms with Crippen molar-refractivity contribution in [2.45, 2.75) is 38.5 Å². The van der Waals surface area contributed by atoms with Gasteiger partial charge in [-0.15, -0.1) is 0 Å². The second-order valence-electron chi connectivity index (χ2n) is 6.29. The zero-order valence-corrected chi connectivity index (χ0v) is 16.5. The summed E-state index contributed by atoms with van der Waals surface area (Å²) < 4.78 is 31.5. The predicted octanol–water partition coefficient (Wildman–Crippen LogP) is -1.75. The molecule has 2 amide bonds. The second kappa shape index (κ2) is 7.33. The van der Waals surface area contributed by atoms with E-state index in [1.807, 2.05) is 0 Å². The number of aliphatic carboxylic acids is 1. The lowest BCUT2D eigenvalue weighted by molar-refractivity contribution is -0.356. The first-order chi connectivity index (χ1) is 12.8. The quantitative estimate of drug-likeness (QED) is 0.165. The van der Waals surface area contributed by atoms with Gasteiger partial charge >= 0.3 is 21.4 Å². The molecule has 0 aliphatic carbocycles. The number of nitrogen functional groups attached to an aromatic ring is 1. The number of nitrogens with one attached hydrogen (secondary N) is 2. The molecule has 2 rings (SSSR count). The number of hydrogen-bond donors (Lipinski definition) is 4. The summed E-state index contributed by atoms with van der Waals surface area (Å²) in [5.41, 5.74) is 3.51. The molecule has 1 saturated heterocycles. The topological polar surface area (TPSA) is 203 Å². The summed E-state index contributed by atoms with van der Waals surface area (Å²) in [5, 5.41) is 16.6. The first-order valence-corrected chi connectivity index (χ1v) is 9.91. The van der Waals surface area contributed by atoms with Crippen LogP contribution in [-0.4, -0.2) is 63.6 Å². The van der Waals surface area contributed by atoms with E-state index in [0.29, 0.717) is 0 Å². The summed E-state index contributed by atoms with van der Waals surface area (Å²) in [6, 6.07) is -2.29. The Balaban J connectivity index is 2.26. The molecule has 1 aliphatic heterocycles. The molecule has 6 N–H and O–H groups in total. The number of H-pyrrole nitrogens is 1. The maximum Gasteiger partial charge on any atom is 0.362 e. The molecular formula is C13H18N5O8S2+. The van der Waals surface area contributed by atoms with Crippen molar-refractivity contribution >= 4 is 50.3 Å². The third kappa shape index (κ3) is 4.20. The number of hydrogen-bond acceptors (Lipinski definition) is 9. The Hall–Kier alpha value is -2.78. The zero-order chi connectivity index (χ0) is 21.4. The van der Waals surface area contributed by atoms with Gasteiger partial charge in [-0.1, -0.05) is 16.5 Å². The van der Waals surface area contributed by atoms with Gasteiger partial charge in [-0.2, -0.15) is 8.42 Å². The fourth-order valence-corrected chi connectivity index (χ4v) is 3.62. The lowest BCUT2D eigenvalue weighted by Gasteiger charge is -2.42. The van der Waals surface area contributed by atoms with Crippen LogP contribution < -0.4 is 16.0 Å². The van der Waals surface area contributed by atoms with Crippen molar-refractivity contribution in [2.24, 2.45) is 5.16 Å². The second-order valence-corrected chi connectivity index (χ2v) is 8.49. The average Bonchev–Trinajstić information content (AvgIpc) is 2.97. The number of oxime groups is 1. The Bertz CT molecular complexity index is 954. The van der Waals surface area contributed by atoms with Gasteiger partial charge in [0.1, 0.15) is 6.04 Å². The fourth-order valence-electron chi connectivity index (χ4n) is 2.15. The van der Waals surface area contributed by atoms with Crippen LogP contribution in [0.5, 0.6) is 0 Å². The molecule has 15 heteroatoms. The highest BCUT2D eigenvalue weighted by atomic mass is 32.2. The lowest BCUT2D eigenvalue weighted by Crippen LogP contribution is -2.71. The van der Waals surface area contributed by atoms with E-state index in [1.54, 1.807) is 0 Å². The number of aromatic amines is 1. The number of nitrogens with zero attached hydrogens (tertiary/aromatic N) is 2. The van der Waals surface area contributed by atoms with Crippen molar-refractivity contribution in [3.05, 3.63) is 11.1 Å². The van der Waals surface area contributed by atoms with Crippen molar-refractivity contribution in [3.63, 3.8) is 0 Å². The molecule has 0 bridgehead atoms. The van der Waals surface area contributed by atoms with Crippen LogP contribution >= 0.6 is 11.3 Å². The molecule has 13 nitrogen and oxygen atoms in total. The van der Waals surface area contributed by atoms with Crippen LogP contribution in [0.1, 0.15) is 26.5 Å². The number of carbonyl (C=O) groups is 3. The molecule has 0 aromatic carbocycles. The number of amides is 2. The van der Waals surface area contributed by atoms with Crippen LogP contribution in [0.3, 0.4) is 0 Å². The SMILES string of the molecule is CC1C(NC(=O)/C(=N/OC(C)(C)C(=O)O)c2csc(N)[nH+]2)C(=O)N1S(=O)(=O)O. The molecule has 1 aromatic rings. The highest BCUT2D eigenvalue weighted by molar-refractivity contribution is 7.84. The number of anilines is 1.